The number of carbonyl (C=O) groups excluding carboxylic acids is 1. The van der Waals surface area contributed by atoms with Crippen LogP contribution in [-0.2, 0) is 6.54 Å². The molecule has 0 aliphatic heterocycles. The van der Waals surface area contributed by atoms with E-state index < -0.39 is 5.91 Å². The summed E-state index contributed by atoms with van der Waals surface area (Å²) in [4.78, 5) is 23.9. The third-order valence-corrected chi connectivity index (χ3v) is 3.25. The fourth-order valence-corrected chi connectivity index (χ4v) is 2.16. The molecule has 0 fully saturated rings. The van der Waals surface area contributed by atoms with Crippen molar-refractivity contribution in [3.63, 3.8) is 0 Å². The fraction of sp³-hybridized carbons (Fsp3) is 0.200. The van der Waals surface area contributed by atoms with Crippen molar-refractivity contribution in [3.05, 3.63) is 52.3 Å². The number of amides is 1. The Bertz CT molecular complexity index is 705. The minimum absolute atomic E-state index is 0.0246. The molecule has 6 heteroatoms. The number of aromatic nitrogens is 1. The van der Waals surface area contributed by atoms with Gasteiger partial charge in [-0.3, -0.25) is 15.0 Å². The first-order valence-electron chi connectivity index (χ1n) is 6.51. The molecule has 3 N–H and O–H groups in total. The summed E-state index contributed by atoms with van der Waals surface area (Å²) in [6.45, 7) is 2.30. The molecule has 0 aliphatic rings. The Balaban J connectivity index is 2.56. The normalized spacial score (nSPS) is 10.2. The number of nitrogens with one attached hydrogen (secondary N) is 1. The van der Waals surface area contributed by atoms with Crippen LogP contribution < -0.4 is 21.6 Å². The lowest BCUT2D eigenvalue weighted by Gasteiger charge is -2.13. The molecular weight excluding hydrogens is 270 g/mol. The van der Waals surface area contributed by atoms with Crippen molar-refractivity contribution in [1.29, 1.82) is 0 Å². The van der Waals surface area contributed by atoms with Gasteiger partial charge in [0.15, 0.2) is 0 Å². The lowest BCUT2D eigenvalue weighted by atomic mass is 10.1. The third kappa shape index (κ3) is 2.80. The number of hydrogen-bond acceptors (Lipinski definition) is 4. The van der Waals surface area contributed by atoms with Crippen molar-refractivity contribution in [2.24, 2.45) is 5.84 Å². The second-order valence-electron chi connectivity index (χ2n) is 4.38. The maximum atomic E-state index is 12.3. The maximum absolute atomic E-state index is 12.3. The summed E-state index contributed by atoms with van der Waals surface area (Å²) in [5.74, 6) is 5.23. The van der Waals surface area contributed by atoms with Crippen LogP contribution in [0.2, 0.25) is 0 Å². The Kier molecular flexibility index (Phi) is 4.39. The maximum Gasteiger partial charge on any atom is 0.270 e. The van der Waals surface area contributed by atoms with Crippen LogP contribution in [0, 0.1) is 0 Å². The van der Waals surface area contributed by atoms with Gasteiger partial charge in [0.25, 0.3) is 11.5 Å². The molecule has 0 saturated carbocycles. The van der Waals surface area contributed by atoms with Gasteiger partial charge in [0.05, 0.1) is 12.8 Å². The average Bonchev–Trinajstić information content (AvgIpc) is 2.54. The Morgan fingerprint density at radius 2 is 1.90 bits per heavy atom. The van der Waals surface area contributed by atoms with Crippen LogP contribution in [0.1, 0.15) is 17.3 Å². The molecule has 1 aromatic carbocycles. The van der Waals surface area contributed by atoms with Crippen molar-refractivity contribution in [3.8, 4) is 17.0 Å². The Labute approximate surface area is 122 Å². The van der Waals surface area contributed by atoms with Gasteiger partial charge in [-0.05, 0) is 48.9 Å². The first kappa shape index (κ1) is 14.8. The summed E-state index contributed by atoms with van der Waals surface area (Å²) in [5, 5.41) is 0. The van der Waals surface area contributed by atoms with E-state index in [1.165, 1.54) is 10.6 Å². The van der Waals surface area contributed by atoms with E-state index in [0.29, 0.717) is 6.54 Å². The van der Waals surface area contributed by atoms with Gasteiger partial charge in [0.1, 0.15) is 11.3 Å². The second kappa shape index (κ2) is 6.23. The van der Waals surface area contributed by atoms with E-state index in [0.717, 1.165) is 17.0 Å². The van der Waals surface area contributed by atoms with Crippen LogP contribution in [-0.4, -0.2) is 17.6 Å². The molecule has 0 atom stereocenters. The van der Waals surface area contributed by atoms with Gasteiger partial charge < -0.3 is 9.30 Å². The third-order valence-electron chi connectivity index (χ3n) is 3.25. The van der Waals surface area contributed by atoms with Gasteiger partial charge in [0, 0.05) is 6.54 Å². The molecule has 2 rings (SSSR count). The smallest absolute Gasteiger partial charge is 0.270 e. The number of nitrogens with two attached hydrogens (primary N) is 1. The van der Waals surface area contributed by atoms with E-state index in [4.69, 9.17) is 10.6 Å². The zero-order valence-electron chi connectivity index (χ0n) is 11.9. The molecule has 6 nitrogen and oxygen atoms in total. The van der Waals surface area contributed by atoms with Gasteiger partial charge in [-0.2, -0.15) is 0 Å². The summed E-state index contributed by atoms with van der Waals surface area (Å²) in [5.41, 5.74) is 3.24. The Morgan fingerprint density at radius 1 is 1.24 bits per heavy atom. The molecule has 0 spiro atoms. The molecule has 1 aromatic heterocycles. The highest BCUT2D eigenvalue weighted by molar-refractivity contribution is 5.93. The van der Waals surface area contributed by atoms with E-state index in [9.17, 15) is 9.59 Å². The van der Waals surface area contributed by atoms with E-state index in [2.05, 4.69) is 0 Å². The largest absolute Gasteiger partial charge is 0.497 e. The highest BCUT2D eigenvalue weighted by Gasteiger charge is 2.14. The lowest BCUT2D eigenvalue weighted by molar-refractivity contribution is 0.0951. The van der Waals surface area contributed by atoms with Crippen molar-refractivity contribution >= 4 is 5.91 Å². The quantitative estimate of drug-likeness (QED) is 0.502. The highest BCUT2D eigenvalue weighted by atomic mass is 16.5. The van der Waals surface area contributed by atoms with Crippen LogP contribution in [0.15, 0.2) is 41.2 Å². The number of rotatable bonds is 4. The molecule has 0 aliphatic carbocycles. The highest BCUT2D eigenvalue weighted by Crippen LogP contribution is 2.21. The number of nitrogen functional groups attached to an aromatic ring is 1. The van der Waals surface area contributed by atoms with Gasteiger partial charge >= 0.3 is 0 Å². The van der Waals surface area contributed by atoms with E-state index in [1.54, 1.807) is 13.2 Å². The zero-order chi connectivity index (χ0) is 15.4. The molecule has 21 heavy (non-hydrogen) atoms. The molecule has 2 aromatic rings. The zero-order valence-corrected chi connectivity index (χ0v) is 11.9. The molecule has 0 radical (unpaired) electrons. The lowest BCUT2D eigenvalue weighted by Crippen LogP contribution is -2.36. The topological polar surface area (TPSA) is 86.3 Å². The number of carbonyl (C=O) groups is 1. The van der Waals surface area contributed by atoms with E-state index >= 15 is 0 Å². The van der Waals surface area contributed by atoms with Crippen molar-refractivity contribution in [1.82, 2.24) is 9.99 Å². The predicted octanol–water partition coefficient (Wildman–Crippen LogP) is 1.15. The minimum atomic E-state index is -0.594. The summed E-state index contributed by atoms with van der Waals surface area (Å²) >= 11 is 0. The van der Waals surface area contributed by atoms with Crippen molar-refractivity contribution in [2.45, 2.75) is 13.5 Å². The van der Waals surface area contributed by atoms with Gasteiger partial charge in [-0.15, -0.1) is 0 Å². The average molecular weight is 287 g/mol. The number of pyridine rings is 1. The summed E-state index contributed by atoms with van der Waals surface area (Å²) in [6, 6.07) is 10.6. The summed E-state index contributed by atoms with van der Waals surface area (Å²) in [7, 11) is 1.59. The van der Waals surface area contributed by atoms with Crippen LogP contribution in [0.5, 0.6) is 5.75 Å². The van der Waals surface area contributed by atoms with Gasteiger partial charge in [0.2, 0.25) is 0 Å². The SMILES string of the molecule is CCn1c(-c2ccc(OC)cc2)ccc(C(=O)NN)c1=O. The van der Waals surface area contributed by atoms with E-state index in [-0.39, 0.29) is 11.1 Å². The number of hydrogen-bond donors (Lipinski definition) is 2. The van der Waals surface area contributed by atoms with Crippen molar-refractivity contribution < 1.29 is 9.53 Å². The molecule has 0 bridgehead atoms. The number of nitrogens with zero attached hydrogens (tertiary/aromatic N) is 1. The monoisotopic (exact) mass is 287 g/mol. The minimum Gasteiger partial charge on any atom is -0.497 e. The summed E-state index contributed by atoms with van der Waals surface area (Å²) in [6.07, 6.45) is 0. The fourth-order valence-electron chi connectivity index (χ4n) is 2.16. The predicted molar refractivity (Wildman–Crippen MR) is 80.0 cm³/mol. The standard InChI is InChI=1S/C15H17N3O3/c1-3-18-13(10-4-6-11(21-2)7-5-10)9-8-12(15(18)20)14(19)17-16/h4-9H,3,16H2,1-2H3,(H,17,19). The first-order valence-corrected chi connectivity index (χ1v) is 6.51. The van der Waals surface area contributed by atoms with E-state index in [1.807, 2.05) is 36.6 Å². The van der Waals surface area contributed by atoms with Gasteiger partial charge in [-0.25, -0.2) is 5.84 Å². The molecule has 1 heterocycles. The molecule has 0 unspecified atom stereocenters. The Morgan fingerprint density at radius 3 is 2.43 bits per heavy atom. The first-order chi connectivity index (χ1) is 10.1. The number of ether oxygens (including phenoxy) is 1. The molecule has 110 valence electrons. The second-order valence-corrected chi connectivity index (χ2v) is 4.38. The number of hydrazine groups is 1. The van der Waals surface area contributed by atoms with Crippen LogP contribution in [0.4, 0.5) is 0 Å². The van der Waals surface area contributed by atoms with Crippen LogP contribution in [0.3, 0.4) is 0 Å². The Hall–Kier alpha value is -2.60. The molecule has 1 amide bonds. The van der Waals surface area contributed by atoms with Crippen LogP contribution >= 0.6 is 0 Å². The molecular formula is C15H17N3O3. The van der Waals surface area contributed by atoms with Crippen LogP contribution in [0.25, 0.3) is 11.3 Å². The number of methoxy groups -OCH3 is 1. The summed E-state index contributed by atoms with van der Waals surface area (Å²) < 4.78 is 6.65. The van der Waals surface area contributed by atoms with Gasteiger partial charge in [-0.1, -0.05) is 0 Å². The van der Waals surface area contributed by atoms with Crippen molar-refractivity contribution in [2.75, 3.05) is 7.11 Å². The number of benzene rings is 1. The molecule has 0 saturated heterocycles.